The number of para-hydroxylation sites is 1. The van der Waals surface area contributed by atoms with Gasteiger partial charge in [0.05, 0.1) is 0 Å². The summed E-state index contributed by atoms with van der Waals surface area (Å²) in [4.78, 5) is 0. The first kappa shape index (κ1) is 10.4. The molecule has 0 aromatic heterocycles. The van der Waals surface area contributed by atoms with Crippen LogP contribution in [0.4, 0.5) is 8.78 Å². The van der Waals surface area contributed by atoms with Gasteiger partial charge in [0.15, 0.2) is 6.10 Å². The van der Waals surface area contributed by atoms with Gasteiger partial charge in [0.25, 0.3) is 6.43 Å². The molecule has 1 aromatic rings. The second kappa shape index (κ2) is 4.14. The number of ether oxygens (including phenoxy) is 1. The summed E-state index contributed by atoms with van der Waals surface area (Å²) in [7, 11) is 0. The van der Waals surface area contributed by atoms with Crippen molar-refractivity contribution < 1.29 is 18.6 Å². The van der Waals surface area contributed by atoms with Crippen LogP contribution in [-0.2, 0) is 6.42 Å². The lowest BCUT2D eigenvalue weighted by Gasteiger charge is -2.31. The smallest absolute Gasteiger partial charge is 0.275 e. The first-order valence-electron chi connectivity index (χ1n) is 4.86. The molecular weight excluding hydrogens is 202 g/mol. The predicted molar refractivity (Wildman–Crippen MR) is 51.1 cm³/mol. The number of halogens is 2. The molecule has 0 bridgehead atoms. The number of fused-ring (bicyclic) bond motifs is 1. The van der Waals surface area contributed by atoms with Crippen molar-refractivity contribution in [2.45, 2.75) is 19.0 Å². The van der Waals surface area contributed by atoms with E-state index in [4.69, 9.17) is 9.84 Å². The zero-order chi connectivity index (χ0) is 10.8. The maximum Gasteiger partial charge on any atom is 0.275 e. The molecule has 1 heterocycles. The van der Waals surface area contributed by atoms with Crippen molar-refractivity contribution in [2.75, 3.05) is 6.61 Å². The second-order valence-corrected chi connectivity index (χ2v) is 3.67. The average Bonchev–Trinajstić information content (AvgIpc) is 2.27. The fourth-order valence-electron chi connectivity index (χ4n) is 1.85. The van der Waals surface area contributed by atoms with Crippen LogP contribution in [0.15, 0.2) is 24.3 Å². The molecule has 0 radical (unpaired) electrons. The molecule has 1 aliphatic heterocycles. The molecule has 0 aliphatic carbocycles. The fraction of sp³-hybridized carbons (Fsp3) is 0.455. The van der Waals surface area contributed by atoms with Gasteiger partial charge in [0.2, 0.25) is 0 Å². The van der Waals surface area contributed by atoms with Crippen molar-refractivity contribution in [3.05, 3.63) is 29.8 Å². The molecule has 4 heteroatoms. The zero-order valence-electron chi connectivity index (χ0n) is 8.07. The van der Waals surface area contributed by atoms with Gasteiger partial charge in [-0.05, 0) is 18.1 Å². The van der Waals surface area contributed by atoms with Crippen LogP contribution in [0.5, 0.6) is 5.75 Å². The third kappa shape index (κ3) is 1.95. The van der Waals surface area contributed by atoms with Gasteiger partial charge in [-0.15, -0.1) is 0 Å². The highest BCUT2D eigenvalue weighted by Gasteiger charge is 2.35. The van der Waals surface area contributed by atoms with E-state index >= 15 is 0 Å². The number of rotatable bonds is 2. The van der Waals surface area contributed by atoms with E-state index in [0.29, 0.717) is 12.2 Å². The molecule has 2 atom stereocenters. The molecule has 15 heavy (non-hydrogen) atoms. The van der Waals surface area contributed by atoms with E-state index < -0.39 is 18.4 Å². The molecule has 2 rings (SSSR count). The molecular formula is C11H12F2O2. The van der Waals surface area contributed by atoms with Gasteiger partial charge in [-0.25, -0.2) is 8.78 Å². The summed E-state index contributed by atoms with van der Waals surface area (Å²) in [6.45, 7) is -0.274. The molecule has 1 aromatic carbocycles. The molecule has 2 nitrogen and oxygen atoms in total. The van der Waals surface area contributed by atoms with Gasteiger partial charge in [0.1, 0.15) is 5.75 Å². The van der Waals surface area contributed by atoms with E-state index in [0.717, 1.165) is 5.56 Å². The quantitative estimate of drug-likeness (QED) is 0.814. The average molecular weight is 214 g/mol. The molecule has 1 N–H and O–H groups in total. The second-order valence-electron chi connectivity index (χ2n) is 3.67. The van der Waals surface area contributed by atoms with Gasteiger partial charge >= 0.3 is 0 Å². The number of hydrogen-bond acceptors (Lipinski definition) is 2. The van der Waals surface area contributed by atoms with Crippen molar-refractivity contribution in [1.82, 2.24) is 0 Å². The lowest BCUT2D eigenvalue weighted by molar-refractivity contribution is -0.0446. The first-order chi connectivity index (χ1) is 7.22. The predicted octanol–water partition coefficient (Wildman–Crippen LogP) is 1.86. The van der Waals surface area contributed by atoms with E-state index in [9.17, 15) is 8.78 Å². The molecule has 0 amide bonds. The van der Waals surface area contributed by atoms with Crippen LogP contribution in [0.1, 0.15) is 5.56 Å². The van der Waals surface area contributed by atoms with Crippen LogP contribution < -0.4 is 4.74 Å². The highest BCUT2D eigenvalue weighted by Crippen LogP contribution is 2.32. The highest BCUT2D eigenvalue weighted by molar-refractivity contribution is 5.35. The molecule has 0 saturated heterocycles. The summed E-state index contributed by atoms with van der Waals surface area (Å²) < 4.78 is 30.4. The minimum Gasteiger partial charge on any atom is -0.484 e. The summed E-state index contributed by atoms with van der Waals surface area (Å²) in [6, 6.07) is 7.10. The lowest BCUT2D eigenvalue weighted by Crippen LogP contribution is -2.40. The fourth-order valence-corrected chi connectivity index (χ4v) is 1.85. The maximum atomic E-state index is 12.6. The first-order valence-corrected chi connectivity index (χ1v) is 4.86. The third-order valence-corrected chi connectivity index (χ3v) is 2.67. The molecule has 0 spiro atoms. The Morgan fingerprint density at radius 2 is 2.13 bits per heavy atom. The molecule has 2 unspecified atom stereocenters. The summed E-state index contributed by atoms with van der Waals surface area (Å²) >= 11 is 0. The Balaban J connectivity index is 2.26. The van der Waals surface area contributed by atoms with E-state index in [1.165, 1.54) is 0 Å². The maximum absolute atomic E-state index is 12.6. The number of benzene rings is 1. The minimum absolute atomic E-state index is 0.274. The molecule has 1 aliphatic rings. The van der Waals surface area contributed by atoms with Gasteiger partial charge in [0, 0.05) is 12.5 Å². The normalized spacial score (nSPS) is 24.8. The summed E-state index contributed by atoms with van der Waals surface area (Å²) in [5, 5.41) is 9.02. The van der Waals surface area contributed by atoms with E-state index in [2.05, 4.69) is 0 Å². The Morgan fingerprint density at radius 3 is 2.80 bits per heavy atom. The Bertz CT molecular complexity index is 341. The molecule has 82 valence electrons. The van der Waals surface area contributed by atoms with Gasteiger partial charge in [-0.1, -0.05) is 18.2 Å². The number of hydrogen-bond donors (Lipinski definition) is 1. The van der Waals surface area contributed by atoms with Crippen molar-refractivity contribution in [1.29, 1.82) is 0 Å². The molecule has 0 saturated carbocycles. The monoisotopic (exact) mass is 214 g/mol. The van der Waals surface area contributed by atoms with E-state index in [1.807, 2.05) is 12.1 Å². The number of aliphatic hydroxyl groups excluding tert-OH is 1. The highest BCUT2D eigenvalue weighted by atomic mass is 19.3. The Hall–Kier alpha value is -1.16. The van der Waals surface area contributed by atoms with Crippen LogP contribution in [0.3, 0.4) is 0 Å². The summed E-state index contributed by atoms with van der Waals surface area (Å²) in [6.07, 6.45) is -3.30. The Labute approximate surface area is 86.5 Å². The van der Waals surface area contributed by atoms with Gasteiger partial charge in [-0.2, -0.15) is 0 Å². The SMILES string of the molecule is OCC1Cc2ccccc2OC1C(F)F. The van der Waals surface area contributed by atoms with Crippen LogP contribution in [-0.4, -0.2) is 24.2 Å². The van der Waals surface area contributed by atoms with Crippen LogP contribution in [0, 0.1) is 5.92 Å². The van der Waals surface area contributed by atoms with Crippen LogP contribution in [0.2, 0.25) is 0 Å². The van der Waals surface area contributed by atoms with E-state index in [1.54, 1.807) is 12.1 Å². The summed E-state index contributed by atoms with van der Waals surface area (Å²) in [5.74, 6) is -0.00704. The van der Waals surface area contributed by atoms with E-state index in [-0.39, 0.29) is 6.61 Å². The number of aliphatic hydroxyl groups is 1. The van der Waals surface area contributed by atoms with Crippen molar-refractivity contribution in [3.63, 3.8) is 0 Å². The standard InChI is InChI=1S/C11H12F2O2/c12-11(13)10-8(6-14)5-7-3-1-2-4-9(7)15-10/h1-4,8,10-11,14H,5-6H2. The van der Waals surface area contributed by atoms with Crippen molar-refractivity contribution in [2.24, 2.45) is 5.92 Å². The lowest BCUT2D eigenvalue weighted by atomic mass is 9.91. The third-order valence-electron chi connectivity index (χ3n) is 2.67. The van der Waals surface area contributed by atoms with Crippen molar-refractivity contribution in [3.8, 4) is 5.75 Å². The largest absolute Gasteiger partial charge is 0.484 e. The van der Waals surface area contributed by atoms with Gasteiger partial charge in [-0.3, -0.25) is 0 Å². The molecule has 0 fully saturated rings. The van der Waals surface area contributed by atoms with Gasteiger partial charge < -0.3 is 9.84 Å². The van der Waals surface area contributed by atoms with Crippen molar-refractivity contribution >= 4 is 0 Å². The van der Waals surface area contributed by atoms with Crippen LogP contribution >= 0.6 is 0 Å². The Morgan fingerprint density at radius 1 is 1.40 bits per heavy atom. The summed E-state index contributed by atoms with van der Waals surface area (Å²) in [5.41, 5.74) is 0.883. The van der Waals surface area contributed by atoms with Crippen LogP contribution in [0.25, 0.3) is 0 Å². The topological polar surface area (TPSA) is 29.5 Å². The number of alkyl halides is 2. The minimum atomic E-state index is -2.56. The zero-order valence-corrected chi connectivity index (χ0v) is 8.07. The Kier molecular flexibility index (Phi) is 2.86.